The third kappa shape index (κ3) is 2.07. The Morgan fingerprint density at radius 1 is 1.30 bits per heavy atom. The molecule has 0 amide bonds. The topological polar surface area (TPSA) is 91.2 Å². The molecule has 0 spiro atoms. The number of nitrogen functional groups attached to an aromatic ring is 1. The second kappa shape index (κ2) is 4.65. The zero-order valence-corrected chi connectivity index (χ0v) is 10.7. The molecule has 0 radical (unpaired) electrons. The molecule has 0 atom stereocenters. The van der Waals surface area contributed by atoms with Crippen molar-refractivity contribution in [3.63, 3.8) is 0 Å². The highest BCUT2D eigenvalue weighted by atomic mass is 16.5. The molecular weight excluding hydrogens is 258 g/mol. The molecule has 2 aromatic heterocycles. The van der Waals surface area contributed by atoms with Crippen molar-refractivity contribution in [1.82, 2.24) is 9.97 Å². The number of hydrogen-bond acceptors (Lipinski definition) is 6. The van der Waals surface area contributed by atoms with Crippen LogP contribution in [0.15, 0.2) is 40.9 Å². The average molecular weight is 269 g/mol. The van der Waals surface area contributed by atoms with Crippen LogP contribution in [0.25, 0.3) is 22.7 Å². The van der Waals surface area contributed by atoms with Gasteiger partial charge < -0.3 is 14.9 Å². The first-order chi connectivity index (χ1) is 9.67. The molecule has 3 aromatic rings. The number of oxazole rings is 1. The molecule has 2 heterocycles. The highest BCUT2D eigenvalue weighted by Crippen LogP contribution is 2.24. The Bertz CT molecular complexity index is 795. The van der Waals surface area contributed by atoms with E-state index in [1.807, 2.05) is 0 Å². The van der Waals surface area contributed by atoms with Gasteiger partial charge in [0.2, 0.25) is 5.89 Å². The molecule has 6 heteroatoms. The largest absolute Gasteiger partial charge is 0.465 e. The number of esters is 1. The predicted octanol–water partition coefficient (Wildman–Crippen LogP) is 2.26. The van der Waals surface area contributed by atoms with E-state index in [2.05, 4.69) is 14.7 Å². The van der Waals surface area contributed by atoms with Gasteiger partial charge in [-0.25, -0.2) is 9.78 Å². The second-order valence-electron chi connectivity index (χ2n) is 4.17. The summed E-state index contributed by atoms with van der Waals surface area (Å²) in [4.78, 5) is 20.0. The first-order valence-electron chi connectivity index (χ1n) is 5.88. The van der Waals surface area contributed by atoms with Crippen LogP contribution < -0.4 is 5.73 Å². The smallest absolute Gasteiger partial charge is 0.337 e. The first kappa shape index (κ1) is 12.2. The molecule has 0 aliphatic rings. The van der Waals surface area contributed by atoms with E-state index in [1.54, 1.807) is 30.3 Å². The lowest BCUT2D eigenvalue weighted by molar-refractivity contribution is 0.0600. The van der Waals surface area contributed by atoms with Crippen LogP contribution in [0.5, 0.6) is 0 Å². The van der Waals surface area contributed by atoms with Crippen LogP contribution in [0.4, 0.5) is 5.69 Å². The number of fused-ring (bicyclic) bond motifs is 1. The lowest BCUT2D eigenvalue weighted by atomic mass is 10.2. The number of methoxy groups -OCH3 is 1. The first-order valence-corrected chi connectivity index (χ1v) is 5.88. The van der Waals surface area contributed by atoms with Crippen LogP contribution in [0.2, 0.25) is 0 Å². The molecule has 3 rings (SSSR count). The van der Waals surface area contributed by atoms with Crippen LogP contribution in [-0.4, -0.2) is 23.0 Å². The fourth-order valence-corrected chi connectivity index (χ4v) is 1.85. The molecule has 0 aliphatic carbocycles. The summed E-state index contributed by atoms with van der Waals surface area (Å²) in [5.41, 5.74) is 8.40. The molecule has 0 unspecified atom stereocenters. The molecule has 100 valence electrons. The fourth-order valence-electron chi connectivity index (χ4n) is 1.85. The SMILES string of the molecule is COC(=O)c1ccnc(-c2nc3cc(N)ccc3o2)c1. The molecule has 6 nitrogen and oxygen atoms in total. The molecule has 0 saturated heterocycles. The van der Waals surface area contributed by atoms with Gasteiger partial charge in [-0.15, -0.1) is 0 Å². The van der Waals surface area contributed by atoms with Crippen molar-refractivity contribution in [2.24, 2.45) is 0 Å². The second-order valence-corrected chi connectivity index (χ2v) is 4.17. The molecule has 2 N–H and O–H groups in total. The average Bonchev–Trinajstić information content (AvgIpc) is 2.89. The number of nitrogens with zero attached hydrogens (tertiary/aromatic N) is 2. The van der Waals surface area contributed by atoms with Gasteiger partial charge in [0, 0.05) is 11.9 Å². The van der Waals surface area contributed by atoms with Crippen molar-refractivity contribution in [2.75, 3.05) is 12.8 Å². The van der Waals surface area contributed by atoms with Crippen LogP contribution in [-0.2, 0) is 4.74 Å². The Labute approximate surface area is 114 Å². The summed E-state index contributed by atoms with van der Waals surface area (Å²) in [6, 6.07) is 8.32. The monoisotopic (exact) mass is 269 g/mol. The number of ether oxygens (including phenoxy) is 1. The van der Waals surface area contributed by atoms with Crippen LogP contribution in [0, 0.1) is 0 Å². The number of carbonyl (C=O) groups excluding carboxylic acids is 1. The van der Waals surface area contributed by atoms with Gasteiger partial charge in [-0.05, 0) is 30.3 Å². The number of rotatable bonds is 2. The highest BCUT2D eigenvalue weighted by Gasteiger charge is 2.13. The summed E-state index contributed by atoms with van der Waals surface area (Å²) in [7, 11) is 1.32. The minimum Gasteiger partial charge on any atom is -0.465 e. The van der Waals surface area contributed by atoms with Gasteiger partial charge in [0.05, 0.1) is 12.7 Å². The maximum atomic E-state index is 11.5. The van der Waals surface area contributed by atoms with Gasteiger partial charge in [-0.3, -0.25) is 4.98 Å². The summed E-state index contributed by atoms with van der Waals surface area (Å²) in [5.74, 6) is -0.106. The molecule has 0 aliphatic heterocycles. The number of carbonyl (C=O) groups is 1. The van der Waals surface area contributed by atoms with Gasteiger partial charge in [0.25, 0.3) is 0 Å². The van der Waals surface area contributed by atoms with Crippen LogP contribution in [0.1, 0.15) is 10.4 Å². The number of aromatic nitrogens is 2. The lowest BCUT2D eigenvalue weighted by Crippen LogP contribution is -2.01. The van der Waals surface area contributed by atoms with Gasteiger partial charge in [0.1, 0.15) is 11.2 Å². The van der Waals surface area contributed by atoms with Crippen molar-refractivity contribution in [1.29, 1.82) is 0 Å². The van der Waals surface area contributed by atoms with E-state index in [-0.39, 0.29) is 0 Å². The van der Waals surface area contributed by atoms with E-state index in [4.69, 9.17) is 10.2 Å². The van der Waals surface area contributed by atoms with E-state index in [0.29, 0.717) is 33.9 Å². The summed E-state index contributed by atoms with van der Waals surface area (Å²) in [5, 5.41) is 0. The number of anilines is 1. The number of hydrogen-bond donors (Lipinski definition) is 1. The zero-order valence-electron chi connectivity index (χ0n) is 10.7. The molecule has 0 saturated carbocycles. The van der Waals surface area contributed by atoms with Crippen molar-refractivity contribution in [3.8, 4) is 11.6 Å². The quantitative estimate of drug-likeness (QED) is 0.566. The van der Waals surface area contributed by atoms with Crippen molar-refractivity contribution < 1.29 is 13.9 Å². The Kier molecular flexibility index (Phi) is 2.83. The highest BCUT2D eigenvalue weighted by molar-refractivity contribution is 5.90. The summed E-state index contributed by atoms with van der Waals surface area (Å²) < 4.78 is 10.3. The zero-order chi connectivity index (χ0) is 14.1. The van der Waals surface area contributed by atoms with Gasteiger partial charge in [-0.1, -0.05) is 0 Å². The minimum atomic E-state index is -0.436. The van der Waals surface area contributed by atoms with E-state index in [0.717, 1.165) is 0 Å². The van der Waals surface area contributed by atoms with Crippen molar-refractivity contribution >= 4 is 22.8 Å². The fraction of sp³-hybridized carbons (Fsp3) is 0.0714. The van der Waals surface area contributed by atoms with E-state index in [9.17, 15) is 4.79 Å². The van der Waals surface area contributed by atoms with Gasteiger partial charge >= 0.3 is 5.97 Å². The Morgan fingerprint density at radius 3 is 2.95 bits per heavy atom. The van der Waals surface area contributed by atoms with Crippen LogP contribution >= 0.6 is 0 Å². The van der Waals surface area contributed by atoms with Crippen LogP contribution in [0.3, 0.4) is 0 Å². The lowest BCUT2D eigenvalue weighted by Gasteiger charge is -1.99. The normalized spacial score (nSPS) is 10.7. The third-order valence-electron chi connectivity index (χ3n) is 2.81. The van der Waals surface area contributed by atoms with Crippen molar-refractivity contribution in [2.45, 2.75) is 0 Å². The van der Waals surface area contributed by atoms with E-state index < -0.39 is 5.97 Å². The maximum absolute atomic E-state index is 11.5. The Morgan fingerprint density at radius 2 is 2.15 bits per heavy atom. The number of pyridine rings is 1. The molecular formula is C14H11N3O3. The predicted molar refractivity (Wildman–Crippen MR) is 73.0 cm³/mol. The van der Waals surface area contributed by atoms with E-state index >= 15 is 0 Å². The molecule has 1 aromatic carbocycles. The van der Waals surface area contributed by atoms with E-state index in [1.165, 1.54) is 13.3 Å². The minimum absolute atomic E-state index is 0.330. The number of nitrogens with two attached hydrogens (primary N) is 1. The van der Waals surface area contributed by atoms with Gasteiger partial charge in [-0.2, -0.15) is 0 Å². The van der Waals surface area contributed by atoms with Gasteiger partial charge in [0.15, 0.2) is 5.58 Å². The standard InChI is InChI=1S/C14H11N3O3/c1-19-14(18)8-4-5-16-11(6-8)13-17-10-7-9(15)2-3-12(10)20-13/h2-7H,15H2,1H3. The molecule has 0 fully saturated rings. The van der Waals surface area contributed by atoms with Crippen molar-refractivity contribution in [3.05, 3.63) is 42.1 Å². The maximum Gasteiger partial charge on any atom is 0.337 e. The Balaban J connectivity index is 2.08. The third-order valence-corrected chi connectivity index (χ3v) is 2.81. The Hall–Kier alpha value is -2.89. The molecule has 20 heavy (non-hydrogen) atoms. The number of benzene rings is 1. The summed E-state index contributed by atoms with van der Waals surface area (Å²) in [6.07, 6.45) is 1.50. The summed E-state index contributed by atoms with van der Waals surface area (Å²) >= 11 is 0. The molecule has 0 bridgehead atoms. The summed E-state index contributed by atoms with van der Waals surface area (Å²) in [6.45, 7) is 0.